The first-order valence-corrected chi connectivity index (χ1v) is 12.0. The fourth-order valence-corrected chi connectivity index (χ4v) is 3.12. The monoisotopic (exact) mass is 560 g/mol. The van der Waals surface area contributed by atoms with Gasteiger partial charge in [-0.2, -0.15) is 0 Å². The number of hydrogen-bond donors (Lipinski definition) is 1. The third-order valence-corrected chi connectivity index (χ3v) is 4.60. The minimum absolute atomic E-state index is 0.0366. The fourth-order valence-electron chi connectivity index (χ4n) is 3.12. The summed E-state index contributed by atoms with van der Waals surface area (Å²) < 4.78 is 25.9. The summed E-state index contributed by atoms with van der Waals surface area (Å²) in [4.78, 5) is 60.0. The van der Waals surface area contributed by atoms with E-state index in [0.29, 0.717) is 0 Å². The molecule has 0 aromatic heterocycles. The number of nitrogens with zero attached hydrogens (tertiary/aromatic N) is 1. The van der Waals surface area contributed by atoms with Gasteiger partial charge in [0.15, 0.2) is 19.0 Å². The number of hydrogen-bond acceptors (Lipinski definition) is 11. The fraction of sp³-hybridized carbons (Fsp3) is 0.407. The van der Waals surface area contributed by atoms with Gasteiger partial charge in [0.2, 0.25) is 0 Å². The first kappa shape index (κ1) is 31.5. The molecule has 2 aromatic rings. The minimum Gasteiger partial charge on any atom is -0.480 e. The lowest BCUT2D eigenvalue weighted by atomic mass is 10.1. The summed E-state index contributed by atoms with van der Waals surface area (Å²) in [6.07, 6.45) is 0. The lowest BCUT2D eigenvalue weighted by Gasteiger charge is -2.20. The highest BCUT2D eigenvalue weighted by Gasteiger charge is 2.23. The van der Waals surface area contributed by atoms with Crippen molar-refractivity contribution in [2.75, 3.05) is 25.6 Å². The Morgan fingerprint density at radius 3 is 1.80 bits per heavy atom. The molecule has 0 aliphatic rings. The summed E-state index contributed by atoms with van der Waals surface area (Å²) in [7, 11) is 1.19. The number of methoxy groups -OCH3 is 1. The van der Waals surface area contributed by atoms with Gasteiger partial charge in [0.25, 0.3) is 5.91 Å². The Balaban J connectivity index is 2.31. The van der Waals surface area contributed by atoms with E-state index in [1.54, 1.807) is 41.5 Å². The lowest BCUT2D eigenvalue weighted by Crippen LogP contribution is -2.27. The van der Waals surface area contributed by atoms with Crippen LogP contribution in [0.5, 0.6) is 11.5 Å². The van der Waals surface area contributed by atoms with Crippen LogP contribution in [0.25, 0.3) is 0 Å². The second-order valence-corrected chi connectivity index (χ2v) is 10.3. The highest BCUT2D eigenvalue weighted by Crippen LogP contribution is 2.31. The number of benzene rings is 2. The van der Waals surface area contributed by atoms with Gasteiger partial charge in [0.1, 0.15) is 17.0 Å². The van der Waals surface area contributed by atoms with E-state index in [1.807, 2.05) is 0 Å². The highest BCUT2D eigenvalue weighted by molar-refractivity contribution is 6.06. The van der Waals surface area contributed by atoms with Crippen LogP contribution in [-0.2, 0) is 23.8 Å². The Hall–Kier alpha value is -4.68. The smallest absolute Gasteiger partial charge is 0.344 e. The quantitative estimate of drug-likeness (QED) is 0.192. The van der Waals surface area contributed by atoms with Gasteiger partial charge in [-0.25, -0.2) is 14.4 Å². The van der Waals surface area contributed by atoms with Crippen molar-refractivity contribution in [3.63, 3.8) is 0 Å². The number of anilines is 1. The van der Waals surface area contributed by atoms with E-state index < -0.39 is 58.8 Å². The maximum atomic E-state index is 13.1. The Morgan fingerprint density at radius 1 is 0.800 bits per heavy atom. The standard InChI is InChI=1S/C27H32N2O11/c1-26(2,3)39-22(30)14-37-20-13-17(25(33)36-7)8-10-18(20)28-24(32)16-9-11-19(29(34)35)21(12-16)38-15-23(31)40-27(4,5)6/h8-13H,14-15H2,1-7H3,(H,28,32). The lowest BCUT2D eigenvalue weighted by molar-refractivity contribution is -0.385. The van der Waals surface area contributed by atoms with Gasteiger partial charge in [0.05, 0.1) is 23.3 Å². The zero-order valence-corrected chi connectivity index (χ0v) is 23.3. The van der Waals surface area contributed by atoms with Crippen LogP contribution < -0.4 is 14.8 Å². The molecular weight excluding hydrogens is 528 g/mol. The SMILES string of the molecule is COC(=O)c1ccc(NC(=O)c2ccc([N+](=O)[O-])c(OCC(=O)OC(C)(C)C)c2)c(OCC(=O)OC(C)(C)C)c1. The molecule has 0 saturated carbocycles. The molecule has 0 spiro atoms. The zero-order valence-electron chi connectivity index (χ0n) is 23.3. The number of carbonyl (C=O) groups is 4. The number of nitrogens with one attached hydrogen (secondary N) is 1. The second kappa shape index (κ2) is 12.9. The van der Waals surface area contributed by atoms with Crippen LogP contribution in [0.15, 0.2) is 36.4 Å². The number of nitro groups is 1. The van der Waals surface area contributed by atoms with E-state index in [9.17, 15) is 29.3 Å². The number of rotatable bonds is 10. The molecule has 0 radical (unpaired) electrons. The molecular formula is C27H32N2O11. The summed E-state index contributed by atoms with van der Waals surface area (Å²) in [5, 5.41) is 14.0. The molecule has 0 atom stereocenters. The molecule has 0 bridgehead atoms. The van der Waals surface area contributed by atoms with E-state index in [1.165, 1.54) is 31.4 Å². The van der Waals surface area contributed by atoms with E-state index in [2.05, 4.69) is 5.32 Å². The predicted octanol–water partition coefficient (Wildman–Crippen LogP) is 4.07. The average Bonchev–Trinajstić information content (AvgIpc) is 2.83. The molecule has 0 aliphatic heterocycles. The van der Waals surface area contributed by atoms with Crippen molar-refractivity contribution in [2.24, 2.45) is 0 Å². The van der Waals surface area contributed by atoms with Crippen LogP contribution in [-0.4, -0.2) is 60.3 Å². The molecule has 0 heterocycles. The van der Waals surface area contributed by atoms with Crippen LogP contribution in [0.3, 0.4) is 0 Å². The van der Waals surface area contributed by atoms with E-state index in [-0.39, 0.29) is 28.3 Å². The highest BCUT2D eigenvalue weighted by atomic mass is 16.6. The van der Waals surface area contributed by atoms with Gasteiger partial charge in [-0.05, 0) is 65.8 Å². The molecule has 216 valence electrons. The van der Waals surface area contributed by atoms with E-state index in [0.717, 1.165) is 12.1 Å². The van der Waals surface area contributed by atoms with Gasteiger partial charge in [0, 0.05) is 17.7 Å². The van der Waals surface area contributed by atoms with Crippen molar-refractivity contribution in [3.05, 3.63) is 57.6 Å². The second-order valence-electron chi connectivity index (χ2n) is 10.3. The van der Waals surface area contributed by atoms with Crippen LogP contribution in [0.4, 0.5) is 11.4 Å². The Bertz CT molecular complexity index is 1290. The van der Waals surface area contributed by atoms with Crippen molar-refractivity contribution in [1.82, 2.24) is 0 Å². The van der Waals surface area contributed by atoms with Crippen LogP contribution in [0, 0.1) is 10.1 Å². The molecule has 0 unspecified atom stereocenters. The number of ether oxygens (including phenoxy) is 5. The van der Waals surface area contributed by atoms with Crippen LogP contribution >= 0.6 is 0 Å². The van der Waals surface area contributed by atoms with Crippen molar-refractivity contribution in [1.29, 1.82) is 0 Å². The van der Waals surface area contributed by atoms with Crippen molar-refractivity contribution in [2.45, 2.75) is 52.7 Å². The Morgan fingerprint density at radius 2 is 1.30 bits per heavy atom. The summed E-state index contributed by atoms with van der Waals surface area (Å²) in [6.45, 7) is 8.87. The summed E-state index contributed by atoms with van der Waals surface area (Å²) in [5.74, 6) is -3.21. The van der Waals surface area contributed by atoms with E-state index in [4.69, 9.17) is 23.7 Å². The number of carbonyl (C=O) groups excluding carboxylic acids is 4. The zero-order chi connectivity index (χ0) is 30.3. The molecule has 1 amide bonds. The number of nitro benzene ring substituents is 1. The van der Waals surface area contributed by atoms with Crippen molar-refractivity contribution < 1.29 is 47.8 Å². The number of amides is 1. The normalized spacial score (nSPS) is 11.2. The maximum absolute atomic E-state index is 13.1. The van der Waals surface area contributed by atoms with Crippen molar-refractivity contribution >= 4 is 35.2 Å². The first-order chi connectivity index (χ1) is 18.5. The van der Waals surface area contributed by atoms with Gasteiger partial charge >= 0.3 is 23.6 Å². The van der Waals surface area contributed by atoms with Gasteiger partial charge < -0.3 is 29.0 Å². The first-order valence-electron chi connectivity index (χ1n) is 12.0. The third-order valence-electron chi connectivity index (χ3n) is 4.60. The third kappa shape index (κ3) is 9.89. The van der Waals surface area contributed by atoms with Crippen molar-refractivity contribution in [3.8, 4) is 11.5 Å². The van der Waals surface area contributed by atoms with Crippen LogP contribution in [0.1, 0.15) is 62.3 Å². The Kier molecular flexibility index (Phi) is 10.2. The molecule has 2 rings (SSSR count). The largest absolute Gasteiger partial charge is 0.480 e. The molecule has 0 aliphatic carbocycles. The Labute approximate surface area is 230 Å². The van der Waals surface area contributed by atoms with Gasteiger partial charge in [-0.3, -0.25) is 14.9 Å². The van der Waals surface area contributed by atoms with Gasteiger partial charge in [-0.1, -0.05) is 0 Å². The maximum Gasteiger partial charge on any atom is 0.344 e. The summed E-state index contributed by atoms with van der Waals surface area (Å²) >= 11 is 0. The van der Waals surface area contributed by atoms with Crippen LogP contribution in [0.2, 0.25) is 0 Å². The topological polar surface area (TPSA) is 170 Å². The predicted molar refractivity (Wildman–Crippen MR) is 142 cm³/mol. The molecule has 2 aromatic carbocycles. The summed E-state index contributed by atoms with van der Waals surface area (Å²) in [6, 6.07) is 7.35. The average molecular weight is 561 g/mol. The molecule has 0 saturated heterocycles. The molecule has 13 heteroatoms. The molecule has 1 N–H and O–H groups in total. The molecule has 13 nitrogen and oxygen atoms in total. The minimum atomic E-state index is -0.791. The van der Waals surface area contributed by atoms with Gasteiger partial charge in [-0.15, -0.1) is 0 Å². The number of esters is 3. The molecule has 0 fully saturated rings. The molecule has 40 heavy (non-hydrogen) atoms. The summed E-state index contributed by atoms with van der Waals surface area (Å²) in [5.41, 5.74) is -1.90. The van der Waals surface area contributed by atoms with E-state index >= 15 is 0 Å².